The van der Waals surface area contributed by atoms with Crippen LogP contribution in [-0.4, -0.2) is 22.7 Å². The van der Waals surface area contributed by atoms with E-state index in [9.17, 15) is 5.11 Å². The van der Waals surface area contributed by atoms with Crippen molar-refractivity contribution in [2.45, 2.75) is 58.6 Å². The topological polar surface area (TPSA) is 36.4 Å². The standard InChI is InChI=1S/C14H22N2OS/c1-9-5-4-6-16(9)13-15-10-7-14(2,3)8-11(17)12(10)18-13/h9,11,17H,4-8H2,1-3H3. The van der Waals surface area contributed by atoms with Crippen LogP contribution in [0.15, 0.2) is 0 Å². The van der Waals surface area contributed by atoms with Crippen LogP contribution in [0.25, 0.3) is 0 Å². The molecule has 1 aromatic heterocycles. The van der Waals surface area contributed by atoms with Crippen LogP contribution in [0.3, 0.4) is 0 Å². The van der Waals surface area contributed by atoms with E-state index in [2.05, 4.69) is 25.7 Å². The Hall–Kier alpha value is -0.610. The normalized spacial score (nSPS) is 30.6. The third kappa shape index (κ3) is 2.05. The number of anilines is 1. The first kappa shape index (κ1) is 12.4. The Kier molecular flexibility index (Phi) is 2.90. The number of aromatic nitrogens is 1. The minimum Gasteiger partial charge on any atom is -0.387 e. The number of aliphatic hydroxyl groups is 1. The second-order valence-electron chi connectivity index (χ2n) is 6.55. The Morgan fingerprint density at radius 2 is 2.22 bits per heavy atom. The largest absolute Gasteiger partial charge is 0.387 e. The molecule has 1 fully saturated rings. The zero-order valence-electron chi connectivity index (χ0n) is 11.4. The van der Waals surface area contributed by atoms with E-state index in [-0.39, 0.29) is 11.5 Å². The highest BCUT2D eigenvalue weighted by atomic mass is 32.1. The van der Waals surface area contributed by atoms with Gasteiger partial charge in [-0.2, -0.15) is 0 Å². The first-order valence-electron chi connectivity index (χ1n) is 6.90. The summed E-state index contributed by atoms with van der Waals surface area (Å²) in [5.74, 6) is 0. The molecule has 0 bridgehead atoms. The van der Waals surface area contributed by atoms with Gasteiger partial charge in [-0.15, -0.1) is 0 Å². The van der Waals surface area contributed by atoms with E-state index in [0.29, 0.717) is 6.04 Å². The highest BCUT2D eigenvalue weighted by molar-refractivity contribution is 7.15. The second-order valence-corrected chi connectivity index (χ2v) is 7.56. The van der Waals surface area contributed by atoms with Gasteiger partial charge in [0.2, 0.25) is 0 Å². The summed E-state index contributed by atoms with van der Waals surface area (Å²) >= 11 is 1.71. The van der Waals surface area contributed by atoms with Crippen LogP contribution in [0.4, 0.5) is 5.13 Å². The maximum Gasteiger partial charge on any atom is 0.186 e. The molecule has 2 aliphatic rings. The molecule has 0 aromatic carbocycles. The van der Waals surface area contributed by atoms with Crippen LogP contribution < -0.4 is 4.90 Å². The van der Waals surface area contributed by atoms with Crippen LogP contribution in [-0.2, 0) is 6.42 Å². The molecule has 2 heterocycles. The Balaban J connectivity index is 1.92. The minimum absolute atomic E-state index is 0.175. The van der Waals surface area contributed by atoms with Crippen LogP contribution in [0.2, 0.25) is 0 Å². The fourth-order valence-corrected chi connectivity index (χ4v) is 4.42. The maximum absolute atomic E-state index is 10.3. The van der Waals surface area contributed by atoms with Crippen molar-refractivity contribution in [3.63, 3.8) is 0 Å². The predicted octanol–water partition coefficient (Wildman–Crippen LogP) is 3.14. The number of nitrogens with zero attached hydrogens (tertiary/aromatic N) is 2. The van der Waals surface area contributed by atoms with Gasteiger partial charge in [-0.3, -0.25) is 0 Å². The van der Waals surface area contributed by atoms with Crippen LogP contribution in [0, 0.1) is 5.41 Å². The van der Waals surface area contributed by atoms with Gasteiger partial charge < -0.3 is 10.0 Å². The van der Waals surface area contributed by atoms with Crippen molar-refractivity contribution in [3.8, 4) is 0 Å². The van der Waals surface area contributed by atoms with Crippen molar-refractivity contribution in [3.05, 3.63) is 10.6 Å². The molecule has 1 aromatic rings. The Labute approximate surface area is 113 Å². The summed E-state index contributed by atoms with van der Waals surface area (Å²) in [4.78, 5) is 8.33. The molecule has 0 spiro atoms. The lowest BCUT2D eigenvalue weighted by Crippen LogP contribution is -2.26. The highest BCUT2D eigenvalue weighted by Gasteiger charge is 2.35. The Morgan fingerprint density at radius 1 is 1.44 bits per heavy atom. The van der Waals surface area contributed by atoms with E-state index < -0.39 is 0 Å². The molecule has 0 saturated carbocycles. The van der Waals surface area contributed by atoms with Gasteiger partial charge in [0, 0.05) is 12.6 Å². The summed E-state index contributed by atoms with van der Waals surface area (Å²) in [5.41, 5.74) is 1.31. The molecule has 18 heavy (non-hydrogen) atoms. The molecule has 0 radical (unpaired) electrons. The van der Waals surface area contributed by atoms with E-state index in [1.807, 2.05) is 0 Å². The Morgan fingerprint density at radius 3 is 2.89 bits per heavy atom. The molecule has 1 N–H and O–H groups in total. The van der Waals surface area contributed by atoms with E-state index in [1.54, 1.807) is 11.3 Å². The Bertz CT molecular complexity index is 455. The molecule has 0 amide bonds. The fraction of sp³-hybridized carbons (Fsp3) is 0.786. The van der Waals surface area contributed by atoms with Gasteiger partial charge in [0.25, 0.3) is 0 Å². The molecule has 1 aliphatic carbocycles. The first-order chi connectivity index (χ1) is 8.46. The number of thiazole rings is 1. The number of rotatable bonds is 1. The van der Waals surface area contributed by atoms with Gasteiger partial charge in [0.05, 0.1) is 16.7 Å². The van der Waals surface area contributed by atoms with Crippen molar-refractivity contribution in [1.29, 1.82) is 0 Å². The summed E-state index contributed by atoms with van der Waals surface area (Å²) in [7, 11) is 0. The zero-order chi connectivity index (χ0) is 12.9. The van der Waals surface area contributed by atoms with Gasteiger partial charge in [-0.25, -0.2) is 4.98 Å². The molecule has 2 unspecified atom stereocenters. The van der Waals surface area contributed by atoms with Gasteiger partial charge >= 0.3 is 0 Å². The molecular weight excluding hydrogens is 244 g/mol. The van der Waals surface area contributed by atoms with Crippen LogP contribution in [0.1, 0.15) is 56.7 Å². The van der Waals surface area contributed by atoms with Crippen LogP contribution in [0.5, 0.6) is 0 Å². The predicted molar refractivity (Wildman–Crippen MR) is 75.2 cm³/mol. The summed E-state index contributed by atoms with van der Waals surface area (Å²) in [6, 6.07) is 0.600. The van der Waals surface area contributed by atoms with Crippen molar-refractivity contribution in [2.24, 2.45) is 5.41 Å². The van der Waals surface area contributed by atoms with Crippen molar-refractivity contribution in [1.82, 2.24) is 4.98 Å². The molecule has 4 heteroatoms. The molecule has 2 atom stereocenters. The van der Waals surface area contributed by atoms with Crippen LogP contribution >= 0.6 is 11.3 Å². The smallest absolute Gasteiger partial charge is 0.186 e. The molecular formula is C14H22N2OS. The van der Waals surface area contributed by atoms with E-state index in [4.69, 9.17) is 4.98 Å². The van der Waals surface area contributed by atoms with Gasteiger partial charge in [0.15, 0.2) is 5.13 Å². The zero-order valence-corrected chi connectivity index (χ0v) is 12.3. The number of fused-ring (bicyclic) bond motifs is 1. The average molecular weight is 266 g/mol. The van der Waals surface area contributed by atoms with Crippen molar-refractivity contribution in [2.75, 3.05) is 11.4 Å². The molecule has 100 valence electrons. The minimum atomic E-state index is -0.312. The van der Waals surface area contributed by atoms with E-state index in [0.717, 1.165) is 35.1 Å². The fourth-order valence-electron chi connectivity index (χ4n) is 3.22. The highest BCUT2D eigenvalue weighted by Crippen LogP contribution is 2.45. The molecule has 3 nitrogen and oxygen atoms in total. The van der Waals surface area contributed by atoms with Gasteiger partial charge in [0.1, 0.15) is 0 Å². The lowest BCUT2D eigenvalue weighted by atomic mass is 9.77. The lowest BCUT2D eigenvalue weighted by molar-refractivity contribution is 0.102. The third-order valence-electron chi connectivity index (χ3n) is 4.21. The quantitative estimate of drug-likeness (QED) is 0.848. The summed E-state index contributed by atoms with van der Waals surface area (Å²) in [6.07, 6.45) is 4.07. The number of hydrogen-bond donors (Lipinski definition) is 1. The third-order valence-corrected chi connectivity index (χ3v) is 5.45. The van der Waals surface area contributed by atoms with E-state index in [1.165, 1.54) is 12.8 Å². The monoisotopic (exact) mass is 266 g/mol. The lowest BCUT2D eigenvalue weighted by Gasteiger charge is -2.31. The van der Waals surface area contributed by atoms with Crippen molar-refractivity contribution < 1.29 is 5.11 Å². The summed E-state index contributed by atoms with van der Waals surface area (Å²) in [6.45, 7) is 7.83. The van der Waals surface area contributed by atoms with Gasteiger partial charge in [-0.05, 0) is 38.0 Å². The first-order valence-corrected chi connectivity index (χ1v) is 7.72. The molecule has 3 rings (SSSR count). The molecule has 1 saturated heterocycles. The van der Waals surface area contributed by atoms with Crippen molar-refractivity contribution >= 4 is 16.5 Å². The summed E-state index contributed by atoms with van der Waals surface area (Å²) in [5, 5.41) is 11.4. The SMILES string of the molecule is CC1CCCN1c1nc2c(s1)C(O)CC(C)(C)C2. The average Bonchev–Trinajstić information content (AvgIpc) is 2.82. The summed E-state index contributed by atoms with van der Waals surface area (Å²) < 4.78 is 0. The maximum atomic E-state index is 10.3. The molecule has 1 aliphatic heterocycles. The second kappa shape index (κ2) is 4.20. The number of hydrogen-bond acceptors (Lipinski definition) is 4. The number of aliphatic hydroxyl groups excluding tert-OH is 1. The van der Waals surface area contributed by atoms with Gasteiger partial charge in [-0.1, -0.05) is 25.2 Å². The van der Waals surface area contributed by atoms with E-state index >= 15 is 0 Å².